The number of nitrogens with zero attached hydrogens (tertiary/aromatic N) is 1. The number of rotatable bonds is 2. The fourth-order valence-corrected chi connectivity index (χ4v) is 2.05. The summed E-state index contributed by atoms with van der Waals surface area (Å²) < 4.78 is 5.05. The molecule has 0 fully saturated rings. The second-order valence-corrected chi connectivity index (χ2v) is 3.76. The largest absolute Gasteiger partial charge is 0.481 e. The lowest BCUT2D eigenvalue weighted by Crippen LogP contribution is -2.00. The van der Waals surface area contributed by atoms with Gasteiger partial charge in [0.2, 0.25) is 0 Å². The molecule has 4 nitrogen and oxygen atoms in total. The Balaban J connectivity index is 2.55. The van der Waals surface area contributed by atoms with E-state index < -0.39 is 5.97 Å². The number of benzene rings is 1. The van der Waals surface area contributed by atoms with Gasteiger partial charge < -0.3 is 10.8 Å². The number of hydrogen-bond acceptors (Lipinski definition) is 4. The molecule has 0 aliphatic rings. The highest BCUT2D eigenvalue weighted by atomic mass is 32.1. The van der Waals surface area contributed by atoms with E-state index in [1.165, 1.54) is 11.5 Å². The van der Waals surface area contributed by atoms with Gasteiger partial charge in [-0.25, -0.2) is 0 Å². The summed E-state index contributed by atoms with van der Waals surface area (Å²) in [5, 5.41) is 9.49. The van der Waals surface area contributed by atoms with Crippen molar-refractivity contribution in [2.75, 3.05) is 5.73 Å². The summed E-state index contributed by atoms with van der Waals surface area (Å²) in [6, 6.07) is 5.40. The van der Waals surface area contributed by atoms with Gasteiger partial charge in [-0.1, -0.05) is 0 Å². The van der Waals surface area contributed by atoms with Crippen LogP contribution in [0.1, 0.15) is 5.69 Å². The molecule has 2 rings (SSSR count). The number of aliphatic carboxylic acids is 1. The Kier molecular flexibility index (Phi) is 2.09. The third-order valence-corrected chi connectivity index (χ3v) is 2.75. The zero-order valence-electron chi connectivity index (χ0n) is 7.23. The maximum Gasteiger partial charge on any atom is 0.309 e. The minimum Gasteiger partial charge on any atom is -0.481 e. The molecule has 2 aromatic rings. The molecular weight excluding hydrogens is 200 g/mol. The number of carbonyl (C=O) groups is 1. The highest BCUT2D eigenvalue weighted by molar-refractivity contribution is 7.13. The fourth-order valence-electron chi connectivity index (χ4n) is 1.28. The number of aromatic nitrogens is 1. The van der Waals surface area contributed by atoms with Crippen LogP contribution in [0.5, 0.6) is 0 Å². The Bertz CT molecular complexity index is 493. The van der Waals surface area contributed by atoms with E-state index in [0.717, 1.165) is 10.1 Å². The molecule has 1 heterocycles. The Labute approximate surface area is 84.1 Å². The summed E-state index contributed by atoms with van der Waals surface area (Å²) >= 11 is 1.30. The average Bonchev–Trinajstić information content (AvgIpc) is 2.47. The molecule has 0 bridgehead atoms. The molecule has 0 aliphatic carbocycles. The van der Waals surface area contributed by atoms with E-state index in [0.29, 0.717) is 11.4 Å². The minimum atomic E-state index is -0.875. The third-order valence-electron chi connectivity index (χ3n) is 1.89. The number of carboxylic acid groups (broad SMARTS) is 1. The van der Waals surface area contributed by atoms with Crippen molar-refractivity contribution >= 4 is 33.3 Å². The summed E-state index contributed by atoms with van der Waals surface area (Å²) in [7, 11) is 0. The first-order chi connectivity index (χ1) is 6.66. The van der Waals surface area contributed by atoms with Gasteiger partial charge in [0.25, 0.3) is 0 Å². The van der Waals surface area contributed by atoms with E-state index in [-0.39, 0.29) is 6.42 Å². The topological polar surface area (TPSA) is 76.2 Å². The second-order valence-electron chi connectivity index (χ2n) is 2.96. The van der Waals surface area contributed by atoms with Crippen LogP contribution in [0.3, 0.4) is 0 Å². The van der Waals surface area contributed by atoms with Gasteiger partial charge in [0.15, 0.2) is 0 Å². The maximum absolute atomic E-state index is 10.5. The number of hydrogen-bond donors (Lipinski definition) is 2. The van der Waals surface area contributed by atoms with Crippen molar-refractivity contribution in [2.24, 2.45) is 0 Å². The zero-order valence-corrected chi connectivity index (χ0v) is 8.04. The number of anilines is 1. The van der Waals surface area contributed by atoms with Crippen LogP contribution in [0.15, 0.2) is 18.2 Å². The Hall–Kier alpha value is -1.62. The van der Waals surface area contributed by atoms with Gasteiger partial charge in [-0.3, -0.25) is 4.79 Å². The monoisotopic (exact) mass is 208 g/mol. The minimum absolute atomic E-state index is 0.0521. The van der Waals surface area contributed by atoms with E-state index in [9.17, 15) is 4.79 Å². The fraction of sp³-hybridized carbons (Fsp3) is 0.111. The second kappa shape index (κ2) is 3.26. The van der Waals surface area contributed by atoms with Crippen LogP contribution in [0.25, 0.3) is 10.1 Å². The summed E-state index contributed by atoms with van der Waals surface area (Å²) in [4.78, 5) is 10.5. The molecule has 0 atom stereocenters. The highest BCUT2D eigenvalue weighted by Crippen LogP contribution is 2.25. The summed E-state index contributed by atoms with van der Waals surface area (Å²) in [5.74, 6) is -0.875. The van der Waals surface area contributed by atoms with E-state index in [1.807, 2.05) is 6.07 Å². The predicted molar refractivity (Wildman–Crippen MR) is 55.4 cm³/mol. The van der Waals surface area contributed by atoms with Crippen LogP contribution in [-0.2, 0) is 11.2 Å². The van der Waals surface area contributed by atoms with Crippen molar-refractivity contribution in [3.05, 3.63) is 23.9 Å². The predicted octanol–water partition coefficient (Wildman–Crippen LogP) is 1.51. The molecule has 0 aliphatic heterocycles. The zero-order chi connectivity index (χ0) is 10.1. The average molecular weight is 208 g/mol. The quantitative estimate of drug-likeness (QED) is 0.733. The van der Waals surface area contributed by atoms with Crippen molar-refractivity contribution in [1.82, 2.24) is 4.37 Å². The molecule has 0 spiro atoms. The molecule has 0 saturated carbocycles. The van der Waals surface area contributed by atoms with Crippen molar-refractivity contribution in [3.8, 4) is 0 Å². The van der Waals surface area contributed by atoms with Crippen LogP contribution in [0.2, 0.25) is 0 Å². The SMILES string of the molecule is Nc1ccc2snc(CC(=O)O)c2c1. The Morgan fingerprint density at radius 2 is 2.36 bits per heavy atom. The lowest BCUT2D eigenvalue weighted by atomic mass is 10.1. The van der Waals surface area contributed by atoms with Crippen LogP contribution in [0.4, 0.5) is 5.69 Å². The van der Waals surface area contributed by atoms with Crippen LogP contribution in [-0.4, -0.2) is 15.4 Å². The normalized spacial score (nSPS) is 10.6. The molecule has 0 saturated heterocycles. The standard InChI is InChI=1S/C9H8N2O2S/c10-5-1-2-8-6(3-5)7(11-14-8)4-9(12)13/h1-3H,4,10H2,(H,12,13). The van der Waals surface area contributed by atoms with Crippen molar-refractivity contribution in [3.63, 3.8) is 0 Å². The van der Waals surface area contributed by atoms with Gasteiger partial charge in [-0.2, -0.15) is 4.37 Å². The van der Waals surface area contributed by atoms with Crippen LogP contribution < -0.4 is 5.73 Å². The lowest BCUT2D eigenvalue weighted by Gasteiger charge is -1.94. The van der Waals surface area contributed by atoms with E-state index in [2.05, 4.69) is 4.37 Å². The molecule has 0 amide bonds. The first kappa shape index (κ1) is 8.96. The van der Waals surface area contributed by atoms with Crippen molar-refractivity contribution in [2.45, 2.75) is 6.42 Å². The molecule has 0 radical (unpaired) electrons. The molecular formula is C9H8N2O2S. The first-order valence-corrected chi connectivity index (χ1v) is 4.80. The maximum atomic E-state index is 10.5. The van der Waals surface area contributed by atoms with Crippen LogP contribution >= 0.6 is 11.5 Å². The molecule has 3 N–H and O–H groups in total. The molecule has 0 unspecified atom stereocenters. The van der Waals surface area contributed by atoms with Gasteiger partial charge in [-0.05, 0) is 29.7 Å². The summed E-state index contributed by atoms with van der Waals surface area (Å²) in [6.45, 7) is 0. The number of nitrogen functional groups attached to an aromatic ring is 1. The summed E-state index contributed by atoms with van der Waals surface area (Å²) in [5.41, 5.74) is 6.83. The number of fused-ring (bicyclic) bond motifs is 1. The smallest absolute Gasteiger partial charge is 0.309 e. The van der Waals surface area contributed by atoms with Gasteiger partial charge in [0.1, 0.15) is 0 Å². The van der Waals surface area contributed by atoms with Gasteiger partial charge in [-0.15, -0.1) is 0 Å². The molecule has 1 aromatic heterocycles. The van der Waals surface area contributed by atoms with Crippen molar-refractivity contribution < 1.29 is 9.90 Å². The van der Waals surface area contributed by atoms with E-state index in [4.69, 9.17) is 10.8 Å². The number of nitrogens with two attached hydrogens (primary N) is 1. The first-order valence-electron chi connectivity index (χ1n) is 4.02. The summed E-state index contributed by atoms with van der Waals surface area (Å²) in [6.07, 6.45) is -0.0521. The molecule has 14 heavy (non-hydrogen) atoms. The molecule has 5 heteroatoms. The van der Waals surface area contributed by atoms with Gasteiger partial charge >= 0.3 is 5.97 Å². The van der Waals surface area contributed by atoms with Crippen LogP contribution in [0, 0.1) is 0 Å². The van der Waals surface area contributed by atoms with Gasteiger partial charge in [0.05, 0.1) is 16.8 Å². The Morgan fingerprint density at radius 1 is 1.57 bits per heavy atom. The van der Waals surface area contributed by atoms with E-state index in [1.54, 1.807) is 12.1 Å². The Morgan fingerprint density at radius 3 is 3.07 bits per heavy atom. The third kappa shape index (κ3) is 1.54. The van der Waals surface area contributed by atoms with E-state index >= 15 is 0 Å². The molecule has 1 aromatic carbocycles. The number of carboxylic acids is 1. The lowest BCUT2D eigenvalue weighted by molar-refractivity contribution is -0.136. The molecule has 72 valence electrons. The highest BCUT2D eigenvalue weighted by Gasteiger charge is 2.09. The van der Waals surface area contributed by atoms with Crippen molar-refractivity contribution in [1.29, 1.82) is 0 Å². The van der Waals surface area contributed by atoms with Gasteiger partial charge in [0, 0.05) is 11.1 Å².